The summed E-state index contributed by atoms with van der Waals surface area (Å²) < 4.78 is 5.45. The minimum Gasteiger partial charge on any atom is -0.495 e. The van der Waals surface area contributed by atoms with E-state index in [0.29, 0.717) is 6.42 Å². The van der Waals surface area contributed by atoms with Crippen LogP contribution in [0.25, 0.3) is 0 Å². The minimum absolute atomic E-state index is 0.498. The fourth-order valence-electron chi connectivity index (χ4n) is 1.97. The molecule has 1 aromatic rings. The Morgan fingerprint density at radius 2 is 2.31 bits per heavy atom. The number of ether oxygens (including phenoxy) is 1. The average molecular weight is 218 g/mol. The Kier molecular flexibility index (Phi) is 3.62. The molecule has 0 radical (unpaired) electrons. The molecule has 1 atom stereocenters. The van der Waals surface area contributed by atoms with Crippen molar-refractivity contribution >= 4 is 0 Å². The summed E-state index contributed by atoms with van der Waals surface area (Å²) in [6.07, 6.45) is 4.21. The van der Waals surface area contributed by atoms with Gasteiger partial charge in [0.15, 0.2) is 0 Å². The number of rotatable bonds is 3. The lowest BCUT2D eigenvalue weighted by Gasteiger charge is -2.19. The highest BCUT2D eigenvalue weighted by atomic mass is 16.5. The summed E-state index contributed by atoms with van der Waals surface area (Å²) in [6.45, 7) is 2.79. The summed E-state index contributed by atoms with van der Waals surface area (Å²) in [6, 6.07) is 8.23. The molecule has 0 saturated carbocycles. The molecule has 0 aromatic heterocycles. The number of hydrogen-bond acceptors (Lipinski definition) is 2. The van der Waals surface area contributed by atoms with Crippen LogP contribution >= 0.6 is 0 Å². The Hall–Kier alpha value is -1.28. The molecule has 0 amide bonds. The molecule has 1 unspecified atom stereocenters. The number of benzene rings is 1. The van der Waals surface area contributed by atoms with Gasteiger partial charge in [-0.25, -0.2) is 0 Å². The van der Waals surface area contributed by atoms with E-state index in [-0.39, 0.29) is 0 Å². The first-order chi connectivity index (χ1) is 7.75. The van der Waals surface area contributed by atoms with Gasteiger partial charge in [0.2, 0.25) is 0 Å². The first-order valence-electron chi connectivity index (χ1n) is 5.82. The normalized spacial score (nSPS) is 17.5. The van der Waals surface area contributed by atoms with Crippen molar-refractivity contribution < 1.29 is 9.84 Å². The molecule has 0 aliphatic carbocycles. The number of aliphatic hydroxyl groups is 1. The maximum absolute atomic E-state index is 10.0. The van der Waals surface area contributed by atoms with Crippen molar-refractivity contribution in [2.45, 2.75) is 32.3 Å². The van der Waals surface area contributed by atoms with Crippen LogP contribution in [0.4, 0.5) is 0 Å². The molecule has 16 heavy (non-hydrogen) atoms. The second-order valence-corrected chi connectivity index (χ2v) is 4.31. The maximum atomic E-state index is 10.0. The van der Waals surface area contributed by atoms with Crippen molar-refractivity contribution in [3.05, 3.63) is 47.2 Å². The van der Waals surface area contributed by atoms with Crippen molar-refractivity contribution in [3.8, 4) is 0 Å². The zero-order valence-electron chi connectivity index (χ0n) is 9.65. The number of allylic oxidation sites excluding steroid dienone is 1. The Morgan fingerprint density at radius 3 is 3.00 bits per heavy atom. The molecule has 86 valence electrons. The fourth-order valence-corrected chi connectivity index (χ4v) is 1.97. The van der Waals surface area contributed by atoms with Crippen LogP contribution in [-0.2, 0) is 11.2 Å². The highest BCUT2D eigenvalue weighted by Crippen LogP contribution is 2.17. The van der Waals surface area contributed by atoms with Gasteiger partial charge in [0.05, 0.1) is 6.61 Å². The summed E-state index contributed by atoms with van der Waals surface area (Å²) in [5, 5.41) is 10.0. The predicted molar refractivity (Wildman–Crippen MR) is 64.2 cm³/mol. The lowest BCUT2D eigenvalue weighted by Crippen LogP contribution is -2.18. The topological polar surface area (TPSA) is 29.5 Å². The van der Waals surface area contributed by atoms with Gasteiger partial charge in [0.1, 0.15) is 11.9 Å². The molecule has 0 saturated heterocycles. The van der Waals surface area contributed by atoms with Crippen LogP contribution in [0.3, 0.4) is 0 Å². The van der Waals surface area contributed by atoms with Crippen LogP contribution in [0, 0.1) is 6.92 Å². The van der Waals surface area contributed by atoms with E-state index >= 15 is 0 Å². The SMILES string of the molecule is Cc1cccc(CC(O)C2=CCCCO2)c1. The van der Waals surface area contributed by atoms with E-state index in [9.17, 15) is 5.11 Å². The number of aliphatic hydroxyl groups excluding tert-OH is 1. The summed E-state index contributed by atoms with van der Waals surface area (Å²) in [5.41, 5.74) is 2.38. The van der Waals surface area contributed by atoms with Gasteiger partial charge < -0.3 is 9.84 Å². The highest BCUT2D eigenvalue weighted by molar-refractivity contribution is 5.24. The summed E-state index contributed by atoms with van der Waals surface area (Å²) in [7, 11) is 0. The third-order valence-electron chi connectivity index (χ3n) is 2.80. The summed E-state index contributed by atoms with van der Waals surface area (Å²) in [5.74, 6) is 0.743. The second-order valence-electron chi connectivity index (χ2n) is 4.31. The van der Waals surface area contributed by atoms with Crippen molar-refractivity contribution in [3.63, 3.8) is 0 Å². The van der Waals surface area contributed by atoms with Gasteiger partial charge in [-0.15, -0.1) is 0 Å². The lowest BCUT2D eigenvalue weighted by atomic mass is 10.0. The van der Waals surface area contributed by atoms with E-state index in [2.05, 4.69) is 19.1 Å². The molecular weight excluding hydrogens is 200 g/mol. The maximum Gasteiger partial charge on any atom is 0.121 e. The van der Waals surface area contributed by atoms with Gasteiger partial charge >= 0.3 is 0 Å². The summed E-state index contributed by atoms with van der Waals surface area (Å²) >= 11 is 0. The van der Waals surface area contributed by atoms with Crippen LogP contribution in [-0.4, -0.2) is 17.8 Å². The lowest BCUT2D eigenvalue weighted by molar-refractivity contribution is 0.0918. The van der Waals surface area contributed by atoms with Gasteiger partial charge in [-0.3, -0.25) is 0 Å². The van der Waals surface area contributed by atoms with E-state index in [1.807, 2.05) is 18.2 Å². The molecule has 1 N–H and O–H groups in total. The fraction of sp³-hybridized carbons (Fsp3) is 0.429. The quantitative estimate of drug-likeness (QED) is 0.845. The zero-order chi connectivity index (χ0) is 11.4. The van der Waals surface area contributed by atoms with Gasteiger partial charge in [-0.2, -0.15) is 0 Å². The van der Waals surface area contributed by atoms with Crippen LogP contribution < -0.4 is 0 Å². The van der Waals surface area contributed by atoms with E-state index < -0.39 is 6.10 Å². The smallest absolute Gasteiger partial charge is 0.121 e. The van der Waals surface area contributed by atoms with Crippen molar-refractivity contribution in [2.75, 3.05) is 6.61 Å². The number of aryl methyl sites for hydroxylation is 1. The Bertz CT molecular complexity index is 382. The molecular formula is C14H18O2. The standard InChI is InChI=1S/C14H18O2/c1-11-5-4-6-12(9-11)10-13(15)14-7-2-3-8-16-14/h4-7,9,13,15H,2-3,8,10H2,1H3. The van der Waals surface area contributed by atoms with Crippen molar-refractivity contribution in [2.24, 2.45) is 0 Å². The monoisotopic (exact) mass is 218 g/mol. The van der Waals surface area contributed by atoms with Crippen molar-refractivity contribution in [1.29, 1.82) is 0 Å². The van der Waals surface area contributed by atoms with E-state index in [1.165, 1.54) is 5.56 Å². The van der Waals surface area contributed by atoms with Gasteiger partial charge in [-0.1, -0.05) is 29.8 Å². The highest BCUT2D eigenvalue weighted by Gasteiger charge is 2.15. The van der Waals surface area contributed by atoms with E-state index in [1.54, 1.807) is 0 Å². The molecule has 0 fully saturated rings. The van der Waals surface area contributed by atoms with E-state index in [4.69, 9.17) is 4.74 Å². The third-order valence-corrected chi connectivity index (χ3v) is 2.80. The van der Waals surface area contributed by atoms with Crippen LogP contribution in [0.5, 0.6) is 0 Å². The molecule has 0 spiro atoms. The minimum atomic E-state index is -0.498. The number of hydrogen-bond donors (Lipinski definition) is 1. The molecule has 2 heteroatoms. The first-order valence-corrected chi connectivity index (χ1v) is 5.82. The predicted octanol–water partition coefficient (Wildman–Crippen LogP) is 2.59. The van der Waals surface area contributed by atoms with E-state index in [0.717, 1.165) is 30.8 Å². The molecule has 1 aromatic carbocycles. The summed E-state index contributed by atoms with van der Waals surface area (Å²) in [4.78, 5) is 0. The average Bonchev–Trinajstić information content (AvgIpc) is 2.30. The third kappa shape index (κ3) is 2.86. The second kappa shape index (κ2) is 5.17. The van der Waals surface area contributed by atoms with Crippen molar-refractivity contribution in [1.82, 2.24) is 0 Å². The Labute approximate surface area is 96.6 Å². The zero-order valence-corrected chi connectivity index (χ0v) is 9.65. The van der Waals surface area contributed by atoms with Gasteiger partial charge in [-0.05, 0) is 31.4 Å². The molecule has 1 aliphatic rings. The first kappa shape index (κ1) is 11.2. The van der Waals surface area contributed by atoms with Gasteiger partial charge in [0, 0.05) is 6.42 Å². The van der Waals surface area contributed by atoms with Crippen LogP contribution in [0.2, 0.25) is 0 Å². The molecule has 2 rings (SSSR count). The molecule has 2 nitrogen and oxygen atoms in total. The van der Waals surface area contributed by atoms with Crippen LogP contribution in [0.15, 0.2) is 36.1 Å². The van der Waals surface area contributed by atoms with Crippen LogP contribution in [0.1, 0.15) is 24.0 Å². The molecule has 0 bridgehead atoms. The van der Waals surface area contributed by atoms with Gasteiger partial charge in [0.25, 0.3) is 0 Å². The Balaban J connectivity index is 2.01. The molecule has 1 heterocycles. The molecule has 1 aliphatic heterocycles. The Morgan fingerprint density at radius 1 is 1.44 bits per heavy atom. The largest absolute Gasteiger partial charge is 0.495 e.